The zero-order valence-electron chi connectivity index (χ0n) is 11.2. The molecule has 0 unspecified atom stereocenters. The Balaban J connectivity index is 1.72. The molecule has 0 spiro atoms. The predicted octanol–water partition coefficient (Wildman–Crippen LogP) is 4.32. The fraction of sp³-hybridized carbons (Fsp3) is 0.278. The van der Waals surface area contributed by atoms with E-state index in [9.17, 15) is 0 Å². The number of rotatable bonds is 6. The van der Waals surface area contributed by atoms with Crippen molar-refractivity contribution in [1.82, 2.24) is 0 Å². The van der Waals surface area contributed by atoms with Crippen molar-refractivity contribution >= 4 is 0 Å². The second kappa shape index (κ2) is 7.38. The van der Waals surface area contributed by atoms with Gasteiger partial charge in [0.25, 0.3) is 0 Å². The van der Waals surface area contributed by atoms with Crippen LogP contribution in [-0.2, 0) is 19.3 Å². The minimum Gasteiger partial charge on any atom is -0.198 e. The number of hydrogen-bond acceptors (Lipinski definition) is 1. The van der Waals surface area contributed by atoms with E-state index in [4.69, 9.17) is 5.26 Å². The minimum absolute atomic E-state index is 0.508. The molecule has 0 saturated heterocycles. The standard InChI is InChI=1S/C18H19N/c19-15-14-18-12-10-17(11-13-18)9-5-4-8-16-6-2-1-3-7-16/h1-3,6-7,10-13H,4-5,8-9,14H2. The summed E-state index contributed by atoms with van der Waals surface area (Å²) < 4.78 is 0. The highest BCUT2D eigenvalue weighted by atomic mass is 14.2. The lowest BCUT2D eigenvalue weighted by Gasteiger charge is -2.03. The molecule has 1 nitrogen and oxygen atoms in total. The average molecular weight is 249 g/mol. The minimum atomic E-state index is 0.508. The van der Waals surface area contributed by atoms with Crippen LogP contribution in [0.4, 0.5) is 0 Å². The summed E-state index contributed by atoms with van der Waals surface area (Å²) in [6.45, 7) is 0. The van der Waals surface area contributed by atoms with E-state index < -0.39 is 0 Å². The first-order valence-corrected chi connectivity index (χ1v) is 6.87. The highest BCUT2D eigenvalue weighted by molar-refractivity contribution is 5.24. The van der Waals surface area contributed by atoms with Gasteiger partial charge in [0, 0.05) is 0 Å². The molecule has 1 heteroatoms. The maximum Gasteiger partial charge on any atom is 0.0669 e. The summed E-state index contributed by atoms with van der Waals surface area (Å²) >= 11 is 0. The molecule has 2 aromatic rings. The third-order valence-corrected chi connectivity index (χ3v) is 3.33. The van der Waals surface area contributed by atoms with Crippen LogP contribution in [0.5, 0.6) is 0 Å². The van der Waals surface area contributed by atoms with Crippen molar-refractivity contribution in [2.75, 3.05) is 0 Å². The number of hydrogen-bond donors (Lipinski definition) is 0. The summed E-state index contributed by atoms with van der Waals surface area (Å²) in [5, 5.41) is 8.62. The van der Waals surface area contributed by atoms with Crippen LogP contribution >= 0.6 is 0 Å². The first-order chi connectivity index (χ1) is 9.38. The molecule has 0 fully saturated rings. The highest BCUT2D eigenvalue weighted by Gasteiger charge is 1.96. The molecule has 0 aliphatic carbocycles. The monoisotopic (exact) mass is 249 g/mol. The van der Waals surface area contributed by atoms with Gasteiger partial charge in [0.05, 0.1) is 12.5 Å². The number of aryl methyl sites for hydroxylation is 2. The second-order valence-electron chi connectivity index (χ2n) is 4.84. The van der Waals surface area contributed by atoms with Crippen LogP contribution in [0.1, 0.15) is 29.5 Å². The van der Waals surface area contributed by atoms with E-state index in [0.717, 1.165) is 18.4 Å². The molecule has 0 amide bonds. The summed E-state index contributed by atoms with van der Waals surface area (Å²) in [4.78, 5) is 0. The van der Waals surface area contributed by atoms with Crippen molar-refractivity contribution in [3.63, 3.8) is 0 Å². The Morgan fingerprint density at radius 1 is 0.684 bits per heavy atom. The van der Waals surface area contributed by atoms with Crippen LogP contribution in [0.3, 0.4) is 0 Å². The number of nitriles is 1. The number of benzene rings is 2. The molecule has 2 rings (SSSR count). The molecular formula is C18H19N. The van der Waals surface area contributed by atoms with Crippen molar-refractivity contribution < 1.29 is 0 Å². The van der Waals surface area contributed by atoms with E-state index in [-0.39, 0.29) is 0 Å². The third kappa shape index (κ3) is 4.60. The van der Waals surface area contributed by atoms with Gasteiger partial charge in [-0.25, -0.2) is 0 Å². The van der Waals surface area contributed by atoms with Gasteiger partial charge in [0.15, 0.2) is 0 Å². The summed E-state index contributed by atoms with van der Waals surface area (Å²) in [6.07, 6.45) is 5.23. The van der Waals surface area contributed by atoms with Gasteiger partial charge in [-0.1, -0.05) is 54.6 Å². The maximum atomic E-state index is 8.62. The Morgan fingerprint density at radius 2 is 1.21 bits per heavy atom. The van der Waals surface area contributed by atoms with Crippen molar-refractivity contribution in [3.8, 4) is 6.07 Å². The molecule has 0 atom stereocenters. The number of unbranched alkanes of at least 4 members (excludes halogenated alkanes) is 1. The fourth-order valence-electron chi connectivity index (χ4n) is 2.22. The molecule has 0 N–H and O–H groups in total. The third-order valence-electron chi connectivity index (χ3n) is 3.33. The van der Waals surface area contributed by atoms with E-state index in [2.05, 4.69) is 60.7 Å². The van der Waals surface area contributed by atoms with Gasteiger partial charge in [-0.3, -0.25) is 0 Å². The van der Waals surface area contributed by atoms with E-state index in [1.807, 2.05) is 0 Å². The topological polar surface area (TPSA) is 23.8 Å². The van der Waals surface area contributed by atoms with Crippen LogP contribution < -0.4 is 0 Å². The van der Waals surface area contributed by atoms with Crippen molar-refractivity contribution in [2.24, 2.45) is 0 Å². The maximum absolute atomic E-state index is 8.62. The molecule has 0 aromatic heterocycles. The van der Waals surface area contributed by atoms with Gasteiger partial charge < -0.3 is 0 Å². The van der Waals surface area contributed by atoms with Gasteiger partial charge in [0.2, 0.25) is 0 Å². The predicted molar refractivity (Wildman–Crippen MR) is 78.8 cm³/mol. The Labute approximate surface area is 115 Å². The zero-order chi connectivity index (χ0) is 13.3. The molecule has 0 saturated carbocycles. The second-order valence-corrected chi connectivity index (χ2v) is 4.84. The van der Waals surface area contributed by atoms with E-state index in [0.29, 0.717) is 6.42 Å². The zero-order valence-corrected chi connectivity index (χ0v) is 11.2. The molecule has 0 aliphatic rings. The van der Waals surface area contributed by atoms with Gasteiger partial charge in [-0.05, 0) is 42.4 Å². The van der Waals surface area contributed by atoms with Crippen LogP contribution in [0.2, 0.25) is 0 Å². The average Bonchev–Trinajstić information content (AvgIpc) is 2.47. The Morgan fingerprint density at radius 3 is 1.79 bits per heavy atom. The van der Waals surface area contributed by atoms with Gasteiger partial charge in [0.1, 0.15) is 0 Å². The van der Waals surface area contributed by atoms with Crippen molar-refractivity contribution in [3.05, 3.63) is 71.3 Å². The van der Waals surface area contributed by atoms with Crippen molar-refractivity contribution in [2.45, 2.75) is 32.1 Å². The van der Waals surface area contributed by atoms with E-state index in [1.54, 1.807) is 0 Å². The Bertz CT molecular complexity index is 520. The molecule has 0 bridgehead atoms. The molecule has 2 aromatic carbocycles. The van der Waals surface area contributed by atoms with Crippen molar-refractivity contribution in [1.29, 1.82) is 5.26 Å². The van der Waals surface area contributed by atoms with E-state index in [1.165, 1.54) is 24.0 Å². The van der Waals surface area contributed by atoms with E-state index >= 15 is 0 Å². The normalized spacial score (nSPS) is 10.1. The van der Waals surface area contributed by atoms with Crippen LogP contribution in [0.15, 0.2) is 54.6 Å². The quantitative estimate of drug-likeness (QED) is 0.699. The SMILES string of the molecule is N#CCc1ccc(CCCCc2ccccc2)cc1. The lowest BCUT2D eigenvalue weighted by molar-refractivity contribution is 0.734. The summed E-state index contributed by atoms with van der Waals surface area (Å²) in [5.41, 5.74) is 3.90. The summed E-state index contributed by atoms with van der Waals surface area (Å²) in [5.74, 6) is 0. The molecule has 0 heterocycles. The Kier molecular flexibility index (Phi) is 5.19. The largest absolute Gasteiger partial charge is 0.198 e. The molecule has 0 radical (unpaired) electrons. The molecule has 19 heavy (non-hydrogen) atoms. The van der Waals surface area contributed by atoms with Gasteiger partial charge in [-0.2, -0.15) is 5.26 Å². The summed E-state index contributed by atoms with van der Waals surface area (Å²) in [7, 11) is 0. The molecular weight excluding hydrogens is 230 g/mol. The first-order valence-electron chi connectivity index (χ1n) is 6.87. The Hall–Kier alpha value is -2.07. The smallest absolute Gasteiger partial charge is 0.0669 e. The molecule has 96 valence electrons. The summed E-state index contributed by atoms with van der Waals surface area (Å²) in [6, 6.07) is 21.2. The molecule has 0 aliphatic heterocycles. The fourth-order valence-corrected chi connectivity index (χ4v) is 2.22. The van der Waals surface area contributed by atoms with Gasteiger partial charge in [-0.15, -0.1) is 0 Å². The first kappa shape index (κ1) is 13.4. The lowest BCUT2D eigenvalue weighted by atomic mass is 10.0. The lowest BCUT2D eigenvalue weighted by Crippen LogP contribution is -1.90. The number of nitrogens with zero attached hydrogens (tertiary/aromatic N) is 1. The highest BCUT2D eigenvalue weighted by Crippen LogP contribution is 2.10. The van der Waals surface area contributed by atoms with Gasteiger partial charge >= 0.3 is 0 Å². The van der Waals surface area contributed by atoms with Crippen LogP contribution in [0.25, 0.3) is 0 Å². The van der Waals surface area contributed by atoms with Crippen LogP contribution in [-0.4, -0.2) is 0 Å². The van der Waals surface area contributed by atoms with Crippen LogP contribution in [0, 0.1) is 11.3 Å².